The standard InChI is InChI=1S/C14H19N3O/c1-14(2,3)12(16)13(18)17(4)11-7-5-6-10(8-11)9-15/h5-8,12H,16H2,1-4H3/t12-/m0/s1. The van der Waals surface area contributed by atoms with Crippen molar-refractivity contribution in [2.24, 2.45) is 11.1 Å². The number of likely N-dealkylation sites (N-methyl/N-ethyl adjacent to an activating group) is 1. The van der Waals surface area contributed by atoms with Gasteiger partial charge in [0.25, 0.3) is 0 Å². The van der Waals surface area contributed by atoms with Crippen molar-refractivity contribution in [2.75, 3.05) is 11.9 Å². The number of anilines is 1. The molecule has 0 aliphatic heterocycles. The van der Waals surface area contributed by atoms with Gasteiger partial charge < -0.3 is 10.6 Å². The number of nitrogens with two attached hydrogens (primary N) is 1. The third kappa shape index (κ3) is 3.08. The van der Waals surface area contributed by atoms with Crippen LogP contribution in [0.4, 0.5) is 5.69 Å². The maximum absolute atomic E-state index is 12.2. The van der Waals surface area contributed by atoms with Crippen LogP contribution in [0.3, 0.4) is 0 Å². The molecule has 0 aliphatic carbocycles. The highest BCUT2D eigenvalue weighted by Crippen LogP contribution is 2.22. The van der Waals surface area contributed by atoms with E-state index in [0.717, 1.165) is 0 Å². The van der Waals surface area contributed by atoms with Crippen LogP contribution in [-0.2, 0) is 4.79 Å². The zero-order valence-corrected chi connectivity index (χ0v) is 11.3. The molecule has 0 heterocycles. The Kier molecular flexibility index (Phi) is 4.10. The molecule has 0 unspecified atom stereocenters. The zero-order valence-electron chi connectivity index (χ0n) is 11.3. The molecule has 1 amide bonds. The van der Waals surface area contributed by atoms with E-state index in [0.29, 0.717) is 11.3 Å². The molecule has 1 atom stereocenters. The zero-order chi connectivity index (χ0) is 13.9. The summed E-state index contributed by atoms with van der Waals surface area (Å²) in [7, 11) is 1.67. The summed E-state index contributed by atoms with van der Waals surface area (Å²) in [6.45, 7) is 5.78. The van der Waals surface area contributed by atoms with Gasteiger partial charge in [-0.15, -0.1) is 0 Å². The van der Waals surface area contributed by atoms with Gasteiger partial charge in [0, 0.05) is 12.7 Å². The van der Waals surface area contributed by atoms with E-state index in [1.165, 1.54) is 4.90 Å². The topological polar surface area (TPSA) is 70.1 Å². The molecule has 0 saturated carbocycles. The van der Waals surface area contributed by atoms with Crippen LogP contribution < -0.4 is 10.6 Å². The maximum atomic E-state index is 12.2. The van der Waals surface area contributed by atoms with Crippen molar-refractivity contribution in [2.45, 2.75) is 26.8 Å². The highest BCUT2D eigenvalue weighted by Gasteiger charge is 2.30. The van der Waals surface area contributed by atoms with Crippen molar-refractivity contribution in [1.82, 2.24) is 0 Å². The molecule has 0 fully saturated rings. The molecule has 0 aliphatic rings. The average Bonchev–Trinajstić information content (AvgIpc) is 2.35. The van der Waals surface area contributed by atoms with E-state index in [1.54, 1.807) is 31.3 Å². The Morgan fingerprint density at radius 3 is 2.56 bits per heavy atom. The fourth-order valence-corrected chi connectivity index (χ4v) is 1.49. The van der Waals surface area contributed by atoms with Gasteiger partial charge in [-0.25, -0.2) is 0 Å². The van der Waals surface area contributed by atoms with Crippen molar-refractivity contribution in [1.29, 1.82) is 5.26 Å². The minimum absolute atomic E-state index is 0.155. The highest BCUT2D eigenvalue weighted by molar-refractivity contribution is 5.97. The molecule has 0 bridgehead atoms. The van der Waals surface area contributed by atoms with Gasteiger partial charge >= 0.3 is 0 Å². The lowest BCUT2D eigenvalue weighted by atomic mass is 9.86. The monoisotopic (exact) mass is 245 g/mol. The van der Waals surface area contributed by atoms with Crippen LogP contribution in [0.15, 0.2) is 24.3 Å². The molecule has 1 rings (SSSR count). The van der Waals surface area contributed by atoms with Crippen LogP contribution in [0.1, 0.15) is 26.3 Å². The molecule has 18 heavy (non-hydrogen) atoms. The molecule has 2 N–H and O–H groups in total. The first-order valence-corrected chi connectivity index (χ1v) is 5.80. The van der Waals surface area contributed by atoms with Crippen LogP contribution in [0, 0.1) is 16.7 Å². The highest BCUT2D eigenvalue weighted by atomic mass is 16.2. The van der Waals surface area contributed by atoms with Crippen LogP contribution >= 0.6 is 0 Å². The van der Waals surface area contributed by atoms with Gasteiger partial charge in [-0.2, -0.15) is 5.26 Å². The molecule has 0 spiro atoms. The van der Waals surface area contributed by atoms with E-state index in [2.05, 4.69) is 6.07 Å². The molecule has 0 saturated heterocycles. The van der Waals surface area contributed by atoms with Crippen molar-refractivity contribution in [3.63, 3.8) is 0 Å². The number of nitriles is 1. The fourth-order valence-electron chi connectivity index (χ4n) is 1.49. The van der Waals surface area contributed by atoms with E-state index in [-0.39, 0.29) is 11.3 Å². The van der Waals surface area contributed by atoms with E-state index < -0.39 is 6.04 Å². The van der Waals surface area contributed by atoms with Crippen molar-refractivity contribution >= 4 is 11.6 Å². The SMILES string of the molecule is CN(C(=O)[C@H](N)C(C)(C)C)c1cccc(C#N)c1. The second-order valence-corrected chi connectivity index (χ2v) is 5.40. The largest absolute Gasteiger partial charge is 0.319 e. The Balaban J connectivity index is 2.97. The molecule has 1 aromatic carbocycles. The first-order chi connectivity index (χ1) is 8.27. The molecule has 0 radical (unpaired) electrons. The average molecular weight is 245 g/mol. The molecule has 96 valence electrons. The van der Waals surface area contributed by atoms with Gasteiger partial charge in [0.05, 0.1) is 17.7 Å². The van der Waals surface area contributed by atoms with Gasteiger partial charge in [-0.05, 0) is 23.6 Å². The van der Waals surface area contributed by atoms with E-state index in [1.807, 2.05) is 20.8 Å². The van der Waals surface area contributed by atoms with E-state index in [4.69, 9.17) is 11.0 Å². The molecule has 0 aromatic heterocycles. The van der Waals surface area contributed by atoms with Gasteiger partial charge in [0.2, 0.25) is 5.91 Å². The summed E-state index contributed by atoms with van der Waals surface area (Å²) in [5.74, 6) is -0.155. The maximum Gasteiger partial charge on any atom is 0.244 e. The Labute approximate surface area is 108 Å². The van der Waals surface area contributed by atoms with Crippen LogP contribution in [-0.4, -0.2) is 19.0 Å². The smallest absolute Gasteiger partial charge is 0.244 e. The second kappa shape index (κ2) is 5.19. The lowest BCUT2D eigenvalue weighted by molar-refractivity contribution is -0.121. The number of amides is 1. The van der Waals surface area contributed by atoms with Crippen molar-refractivity contribution in [3.05, 3.63) is 29.8 Å². The predicted octanol–water partition coefficient (Wildman–Crippen LogP) is 1.89. The van der Waals surface area contributed by atoms with Gasteiger partial charge in [-0.3, -0.25) is 4.79 Å². The second-order valence-electron chi connectivity index (χ2n) is 5.40. The molecular formula is C14H19N3O. The third-order valence-corrected chi connectivity index (χ3v) is 2.89. The molecule has 4 heteroatoms. The number of rotatable bonds is 2. The van der Waals surface area contributed by atoms with E-state index >= 15 is 0 Å². The summed E-state index contributed by atoms with van der Waals surface area (Å²) in [6.07, 6.45) is 0. The number of carbonyl (C=O) groups excluding carboxylic acids is 1. The number of hydrogen-bond acceptors (Lipinski definition) is 3. The summed E-state index contributed by atoms with van der Waals surface area (Å²) < 4.78 is 0. The Bertz CT molecular complexity index is 483. The number of benzene rings is 1. The van der Waals surface area contributed by atoms with Gasteiger partial charge in [-0.1, -0.05) is 26.8 Å². The minimum Gasteiger partial charge on any atom is -0.319 e. The quantitative estimate of drug-likeness (QED) is 0.865. The van der Waals surface area contributed by atoms with Crippen LogP contribution in [0.2, 0.25) is 0 Å². The Hall–Kier alpha value is -1.86. The minimum atomic E-state index is -0.576. The molecule has 4 nitrogen and oxygen atoms in total. The molecule has 1 aromatic rings. The Morgan fingerprint density at radius 1 is 1.44 bits per heavy atom. The van der Waals surface area contributed by atoms with Crippen molar-refractivity contribution < 1.29 is 4.79 Å². The summed E-state index contributed by atoms with van der Waals surface area (Å²) in [5.41, 5.74) is 6.86. The summed E-state index contributed by atoms with van der Waals surface area (Å²) >= 11 is 0. The first kappa shape index (κ1) is 14.2. The van der Waals surface area contributed by atoms with Gasteiger partial charge in [0.1, 0.15) is 0 Å². The first-order valence-electron chi connectivity index (χ1n) is 5.80. The lowest BCUT2D eigenvalue weighted by Gasteiger charge is -2.30. The van der Waals surface area contributed by atoms with Crippen LogP contribution in [0.5, 0.6) is 0 Å². The van der Waals surface area contributed by atoms with Gasteiger partial charge in [0.15, 0.2) is 0 Å². The predicted molar refractivity (Wildman–Crippen MR) is 72.0 cm³/mol. The number of nitrogens with zero attached hydrogens (tertiary/aromatic N) is 2. The third-order valence-electron chi connectivity index (χ3n) is 2.89. The summed E-state index contributed by atoms with van der Waals surface area (Å²) in [6, 6.07) is 8.39. The lowest BCUT2D eigenvalue weighted by Crippen LogP contribution is -2.49. The van der Waals surface area contributed by atoms with Crippen molar-refractivity contribution in [3.8, 4) is 6.07 Å². The van der Waals surface area contributed by atoms with Crippen LogP contribution in [0.25, 0.3) is 0 Å². The molecular weight excluding hydrogens is 226 g/mol. The number of carbonyl (C=O) groups is 1. The summed E-state index contributed by atoms with van der Waals surface area (Å²) in [4.78, 5) is 13.7. The normalized spacial score (nSPS) is 12.7. The fraction of sp³-hybridized carbons (Fsp3) is 0.429. The number of hydrogen-bond donors (Lipinski definition) is 1. The van der Waals surface area contributed by atoms with E-state index in [9.17, 15) is 4.79 Å². The Morgan fingerprint density at radius 2 is 2.06 bits per heavy atom. The summed E-state index contributed by atoms with van der Waals surface area (Å²) in [5, 5.41) is 8.84.